The fourth-order valence-electron chi connectivity index (χ4n) is 5.75. The van der Waals surface area contributed by atoms with Gasteiger partial charge in [-0.25, -0.2) is 4.79 Å². The van der Waals surface area contributed by atoms with Crippen LogP contribution in [-0.4, -0.2) is 32.6 Å². The summed E-state index contributed by atoms with van der Waals surface area (Å²) in [5.74, 6) is 0.891. The second-order valence-corrected chi connectivity index (χ2v) is 10.6. The van der Waals surface area contributed by atoms with E-state index < -0.39 is 11.9 Å². The molecule has 42 heavy (non-hydrogen) atoms. The second-order valence-electron chi connectivity index (χ2n) is 10.6. The molecule has 218 valence electrons. The van der Waals surface area contributed by atoms with Crippen LogP contribution in [-0.2, 0) is 20.9 Å². The number of ketones is 1. The van der Waals surface area contributed by atoms with Gasteiger partial charge in [0.15, 0.2) is 17.3 Å². The van der Waals surface area contributed by atoms with Crippen LogP contribution in [0.2, 0.25) is 0 Å². The largest absolute Gasteiger partial charge is 0.497 e. The third kappa shape index (κ3) is 6.05. The summed E-state index contributed by atoms with van der Waals surface area (Å²) in [7, 11) is 3.22. The number of Topliss-reactive ketones (excluding diaryl/α,β-unsaturated/α-hetero) is 1. The first-order valence-corrected chi connectivity index (χ1v) is 14.3. The number of rotatable bonds is 10. The minimum absolute atomic E-state index is 0.00577. The van der Waals surface area contributed by atoms with Crippen LogP contribution in [0.1, 0.15) is 61.6 Å². The van der Waals surface area contributed by atoms with E-state index in [0.29, 0.717) is 60.8 Å². The second kappa shape index (κ2) is 13.0. The molecule has 2 aliphatic rings. The minimum Gasteiger partial charge on any atom is -0.497 e. The predicted octanol–water partition coefficient (Wildman–Crippen LogP) is 6.60. The van der Waals surface area contributed by atoms with Crippen LogP contribution >= 0.6 is 0 Å². The van der Waals surface area contributed by atoms with Gasteiger partial charge in [0, 0.05) is 29.3 Å². The van der Waals surface area contributed by atoms with Crippen LogP contribution in [0.4, 0.5) is 0 Å². The molecule has 1 heterocycles. The molecule has 3 aromatic carbocycles. The molecule has 0 aromatic heterocycles. The van der Waals surface area contributed by atoms with Gasteiger partial charge in [-0.15, -0.1) is 0 Å². The fourth-order valence-corrected chi connectivity index (χ4v) is 5.75. The van der Waals surface area contributed by atoms with Crippen molar-refractivity contribution in [1.82, 2.24) is 5.32 Å². The molecule has 2 atom stereocenters. The molecule has 7 heteroatoms. The van der Waals surface area contributed by atoms with E-state index in [2.05, 4.69) is 5.32 Å². The number of carbonyl (C=O) groups is 2. The monoisotopic (exact) mass is 567 g/mol. The average molecular weight is 568 g/mol. The number of dihydropyridines is 1. The molecule has 5 rings (SSSR count). The van der Waals surface area contributed by atoms with Gasteiger partial charge in [-0.2, -0.15) is 0 Å². The van der Waals surface area contributed by atoms with Crippen molar-refractivity contribution in [3.8, 4) is 17.2 Å². The number of nitrogens with one attached hydrogen (secondary N) is 1. The van der Waals surface area contributed by atoms with Crippen molar-refractivity contribution < 1.29 is 28.5 Å². The van der Waals surface area contributed by atoms with E-state index >= 15 is 0 Å². The molecule has 0 spiro atoms. The van der Waals surface area contributed by atoms with Crippen LogP contribution in [0.15, 0.2) is 95.3 Å². The Morgan fingerprint density at radius 1 is 0.905 bits per heavy atom. The SMILES string of the molecule is CCCOC(=O)C1=C(C)NC2=C(C(=O)CC(c3ccc(OC)cc3)C2)C1c1ccc(OCc2ccccc2)c(OC)c1. The number of methoxy groups -OCH3 is 2. The summed E-state index contributed by atoms with van der Waals surface area (Å²) in [4.78, 5) is 27.4. The van der Waals surface area contributed by atoms with Crippen molar-refractivity contribution in [2.24, 2.45) is 0 Å². The highest BCUT2D eigenvalue weighted by Crippen LogP contribution is 2.47. The first-order chi connectivity index (χ1) is 20.4. The Balaban J connectivity index is 1.51. The molecule has 1 aliphatic heterocycles. The summed E-state index contributed by atoms with van der Waals surface area (Å²) in [6.45, 7) is 4.51. The first kappa shape index (κ1) is 29.0. The van der Waals surface area contributed by atoms with Crippen molar-refractivity contribution in [3.63, 3.8) is 0 Å². The van der Waals surface area contributed by atoms with Gasteiger partial charge in [-0.05, 0) is 66.6 Å². The minimum atomic E-state index is -0.591. The van der Waals surface area contributed by atoms with Crippen molar-refractivity contribution in [1.29, 1.82) is 0 Å². The van der Waals surface area contributed by atoms with Gasteiger partial charge in [-0.1, -0.05) is 55.5 Å². The third-order valence-corrected chi connectivity index (χ3v) is 7.83. The average Bonchev–Trinajstić information content (AvgIpc) is 3.02. The van der Waals surface area contributed by atoms with E-state index in [9.17, 15) is 9.59 Å². The van der Waals surface area contributed by atoms with Gasteiger partial charge in [0.1, 0.15) is 12.4 Å². The summed E-state index contributed by atoms with van der Waals surface area (Å²) >= 11 is 0. The Bertz CT molecular complexity index is 1510. The van der Waals surface area contributed by atoms with Gasteiger partial charge in [0.2, 0.25) is 0 Å². The third-order valence-electron chi connectivity index (χ3n) is 7.83. The van der Waals surface area contributed by atoms with E-state index in [1.165, 1.54) is 0 Å². The Labute approximate surface area is 247 Å². The summed E-state index contributed by atoms with van der Waals surface area (Å²) in [5.41, 5.74) is 5.46. The summed E-state index contributed by atoms with van der Waals surface area (Å²) < 4.78 is 22.7. The molecule has 7 nitrogen and oxygen atoms in total. The number of hydrogen-bond donors (Lipinski definition) is 1. The van der Waals surface area contributed by atoms with Gasteiger partial charge in [-0.3, -0.25) is 4.79 Å². The number of esters is 1. The van der Waals surface area contributed by atoms with Crippen LogP contribution in [0, 0.1) is 0 Å². The molecular formula is C35H37NO6. The number of ether oxygens (including phenoxy) is 4. The Hall–Kier alpha value is -4.52. The molecule has 2 unspecified atom stereocenters. The zero-order chi connectivity index (χ0) is 29.6. The number of allylic oxidation sites excluding steroid dienone is 3. The van der Waals surface area contributed by atoms with Gasteiger partial charge >= 0.3 is 5.97 Å². The van der Waals surface area contributed by atoms with Crippen LogP contribution in [0.25, 0.3) is 0 Å². The number of carbonyl (C=O) groups excluding carboxylic acids is 2. The maximum absolute atomic E-state index is 13.9. The molecule has 0 saturated heterocycles. The van der Waals surface area contributed by atoms with Gasteiger partial charge in [0.25, 0.3) is 0 Å². The molecule has 0 radical (unpaired) electrons. The molecule has 1 N–H and O–H groups in total. The summed E-state index contributed by atoms with van der Waals surface area (Å²) in [6, 6.07) is 23.4. The maximum atomic E-state index is 13.9. The van der Waals surface area contributed by atoms with Crippen LogP contribution < -0.4 is 19.5 Å². The van der Waals surface area contributed by atoms with Crippen molar-refractivity contribution in [2.45, 2.75) is 51.6 Å². The molecular weight excluding hydrogens is 530 g/mol. The molecule has 0 saturated carbocycles. The molecule has 1 aliphatic carbocycles. The molecule has 0 bridgehead atoms. The maximum Gasteiger partial charge on any atom is 0.336 e. The fraction of sp³-hybridized carbons (Fsp3) is 0.314. The Morgan fingerprint density at radius 3 is 2.33 bits per heavy atom. The lowest BCUT2D eigenvalue weighted by molar-refractivity contribution is -0.139. The summed E-state index contributed by atoms with van der Waals surface area (Å²) in [6.07, 6.45) is 1.69. The van der Waals surface area contributed by atoms with E-state index in [1.807, 2.05) is 86.6 Å². The molecule has 0 fully saturated rings. The Morgan fingerprint density at radius 2 is 1.64 bits per heavy atom. The first-order valence-electron chi connectivity index (χ1n) is 14.3. The number of benzene rings is 3. The lowest BCUT2D eigenvalue weighted by atomic mass is 9.71. The van der Waals surface area contributed by atoms with E-state index in [0.717, 1.165) is 28.1 Å². The zero-order valence-electron chi connectivity index (χ0n) is 24.6. The lowest BCUT2D eigenvalue weighted by Gasteiger charge is -2.37. The number of hydrogen-bond acceptors (Lipinski definition) is 7. The normalized spacial score (nSPS) is 18.2. The Kier molecular flexibility index (Phi) is 8.96. The molecule has 3 aromatic rings. The van der Waals surface area contributed by atoms with Crippen LogP contribution in [0.3, 0.4) is 0 Å². The highest BCUT2D eigenvalue weighted by atomic mass is 16.5. The predicted molar refractivity (Wildman–Crippen MR) is 161 cm³/mol. The highest BCUT2D eigenvalue weighted by molar-refractivity contribution is 6.04. The van der Waals surface area contributed by atoms with E-state index in [-0.39, 0.29) is 11.7 Å². The van der Waals surface area contributed by atoms with Gasteiger partial charge < -0.3 is 24.3 Å². The molecule has 0 amide bonds. The van der Waals surface area contributed by atoms with E-state index in [4.69, 9.17) is 18.9 Å². The topological polar surface area (TPSA) is 83.1 Å². The highest BCUT2D eigenvalue weighted by Gasteiger charge is 2.41. The quantitative estimate of drug-likeness (QED) is 0.277. The smallest absolute Gasteiger partial charge is 0.336 e. The standard InChI is InChI=1S/C35H37NO6/c1-5-17-41-35(38)32-22(2)36-28-18-26(24-11-14-27(39-3)15-12-24)19-29(37)34(28)33(32)25-13-16-30(31(20-25)40-4)42-21-23-9-7-6-8-10-23/h6-16,20,26,33,36H,5,17-19,21H2,1-4H3. The van der Waals surface area contributed by atoms with E-state index in [1.54, 1.807) is 14.2 Å². The zero-order valence-corrected chi connectivity index (χ0v) is 24.6. The van der Waals surface area contributed by atoms with Gasteiger partial charge in [0.05, 0.1) is 26.4 Å². The van der Waals surface area contributed by atoms with Crippen LogP contribution in [0.5, 0.6) is 17.2 Å². The van der Waals surface area contributed by atoms with Crippen molar-refractivity contribution in [2.75, 3.05) is 20.8 Å². The summed E-state index contributed by atoms with van der Waals surface area (Å²) in [5, 5.41) is 3.41. The van der Waals surface area contributed by atoms with Crippen molar-refractivity contribution in [3.05, 3.63) is 112 Å². The lowest BCUT2D eigenvalue weighted by Crippen LogP contribution is -2.36. The van der Waals surface area contributed by atoms with Crippen molar-refractivity contribution >= 4 is 11.8 Å².